The molecule has 0 aliphatic heterocycles. The lowest BCUT2D eigenvalue weighted by atomic mass is 9.97. The molecule has 0 heterocycles. The number of halogens is 3. The summed E-state index contributed by atoms with van der Waals surface area (Å²) in [7, 11) is 1.71. The van der Waals surface area contributed by atoms with Gasteiger partial charge in [0.05, 0.1) is 16.0 Å². The normalized spacial score (nSPS) is 13.5. The summed E-state index contributed by atoms with van der Waals surface area (Å²) in [4.78, 5) is 15.7. The molecule has 0 aromatic heterocycles. The number of amides is 1. The Morgan fingerprint density at radius 2 is 1.56 bits per heavy atom. The van der Waals surface area contributed by atoms with E-state index in [2.05, 4.69) is 6.07 Å². The molecule has 10 heteroatoms. The number of carbonyl (C=O) groups is 1. The highest BCUT2D eigenvalue weighted by atomic mass is 35.5. The molecule has 1 atom stereocenters. The summed E-state index contributed by atoms with van der Waals surface area (Å²) in [6.45, 7) is 2.12. The number of nitrogens with zero attached hydrogens (tertiary/aromatic N) is 1. The Balaban J connectivity index is 1.29. The summed E-state index contributed by atoms with van der Waals surface area (Å²) in [5.74, 6) is 0.838. The Hall–Kier alpha value is -2.52. The van der Waals surface area contributed by atoms with E-state index in [1.54, 1.807) is 19.2 Å². The van der Waals surface area contributed by atoms with Gasteiger partial charge >= 0.3 is 0 Å². The highest BCUT2D eigenvalue weighted by molar-refractivity contribution is 6.37. The second-order valence-electron chi connectivity index (χ2n) is 11.4. The van der Waals surface area contributed by atoms with E-state index in [1.165, 1.54) is 5.56 Å². The molecule has 0 saturated heterocycles. The number of hydrogen-bond acceptors (Lipinski definition) is 6. The summed E-state index contributed by atoms with van der Waals surface area (Å²) in [5, 5.41) is 10.6. The maximum atomic E-state index is 13.8. The number of hydrogen-bond donors (Lipinski definition) is 2. The average Bonchev–Trinajstić information content (AvgIpc) is 3.88. The molecule has 1 fully saturated rings. The highest BCUT2D eigenvalue weighted by Crippen LogP contribution is 2.35. The molecule has 3 N–H and O–H groups in total. The predicted octanol–water partition coefficient (Wildman–Crippen LogP) is 6.92. The Bertz CT molecular complexity index is 1360. The first-order chi connectivity index (χ1) is 21.8. The molecule has 0 bridgehead atoms. The predicted molar refractivity (Wildman–Crippen MR) is 181 cm³/mol. The molecule has 0 radical (unpaired) electrons. The first-order valence-corrected chi connectivity index (χ1v) is 16.7. The summed E-state index contributed by atoms with van der Waals surface area (Å²) < 4.78 is 16.8. The van der Waals surface area contributed by atoms with Crippen LogP contribution in [-0.4, -0.2) is 62.0 Å². The van der Waals surface area contributed by atoms with Crippen LogP contribution >= 0.6 is 34.8 Å². The fourth-order valence-corrected chi connectivity index (χ4v) is 6.09. The highest BCUT2D eigenvalue weighted by Gasteiger charge is 2.35. The van der Waals surface area contributed by atoms with Crippen molar-refractivity contribution in [1.82, 2.24) is 4.90 Å². The van der Waals surface area contributed by atoms with E-state index in [1.807, 2.05) is 41.3 Å². The van der Waals surface area contributed by atoms with Gasteiger partial charge in [-0.3, -0.25) is 4.79 Å². The maximum Gasteiger partial charge on any atom is 0.227 e. The largest absolute Gasteiger partial charge is 0.490 e. The van der Waals surface area contributed by atoms with E-state index >= 15 is 0 Å². The van der Waals surface area contributed by atoms with Crippen molar-refractivity contribution >= 4 is 40.7 Å². The quantitative estimate of drug-likeness (QED) is 0.134. The lowest BCUT2D eigenvalue weighted by molar-refractivity contribution is -0.136. The third-order valence-corrected chi connectivity index (χ3v) is 8.78. The van der Waals surface area contributed by atoms with Gasteiger partial charge in [-0.05, 0) is 97.5 Å². The standard InChI is InChI=1S/C35H43Cl3N2O5/c1-43-15-3-5-24-8-13-31(36)28(19-24)23-40(29-9-10-29)35(42)27(22-39)18-25-6-11-30(12-7-25)44-16-17-45-34-32(37)20-26(4-2-14-41)21-33(34)38/h6-8,11-13,19-21,27,29,41H,2-5,9-10,14-18,22-23,39H2,1H3. The maximum absolute atomic E-state index is 13.8. The molecule has 45 heavy (non-hydrogen) atoms. The Labute approximate surface area is 281 Å². The van der Waals surface area contributed by atoms with Gasteiger partial charge in [0.15, 0.2) is 5.75 Å². The van der Waals surface area contributed by atoms with Crippen LogP contribution in [0.3, 0.4) is 0 Å². The molecule has 4 rings (SSSR count). The molecule has 1 saturated carbocycles. The summed E-state index contributed by atoms with van der Waals surface area (Å²) in [5.41, 5.74) is 10.3. The number of aliphatic hydroxyl groups excluding tert-OH is 1. The number of benzene rings is 3. The number of aliphatic hydroxyl groups is 1. The van der Waals surface area contributed by atoms with Crippen LogP contribution in [0, 0.1) is 5.92 Å². The molecule has 7 nitrogen and oxygen atoms in total. The molecule has 1 aliphatic rings. The van der Waals surface area contributed by atoms with Gasteiger partial charge < -0.3 is 30.0 Å². The van der Waals surface area contributed by atoms with Gasteiger partial charge in [-0.1, -0.05) is 59.1 Å². The second-order valence-corrected chi connectivity index (χ2v) is 12.6. The van der Waals surface area contributed by atoms with Crippen molar-refractivity contribution in [2.24, 2.45) is 11.7 Å². The van der Waals surface area contributed by atoms with Crippen molar-refractivity contribution in [2.45, 2.75) is 57.5 Å². The molecule has 244 valence electrons. The van der Waals surface area contributed by atoms with E-state index in [0.717, 1.165) is 42.4 Å². The third-order valence-electron chi connectivity index (χ3n) is 7.85. The second kappa shape index (κ2) is 18.0. The fourth-order valence-electron chi connectivity index (χ4n) is 5.28. The SMILES string of the molecule is COCCCc1ccc(Cl)c(CN(C(=O)C(CN)Cc2ccc(OCCOc3c(Cl)cc(CCCO)cc3Cl)cc2)C2CC2)c1. The van der Waals surface area contributed by atoms with Crippen LogP contribution < -0.4 is 15.2 Å². The van der Waals surface area contributed by atoms with E-state index in [4.69, 9.17) is 59.9 Å². The number of methoxy groups -OCH3 is 1. The zero-order valence-electron chi connectivity index (χ0n) is 25.8. The molecular formula is C35H43Cl3N2O5. The first-order valence-electron chi connectivity index (χ1n) is 15.5. The zero-order chi connectivity index (χ0) is 32.2. The lowest BCUT2D eigenvalue weighted by Crippen LogP contribution is -2.41. The summed E-state index contributed by atoms with van der Waals surface area (Å²) in [6, 6.07) is 17.6. The van der Waals surface area contributed by atoms with Gasteiger partial charge in [0.25, 0.3) is 0 Å². The van der Waals surface area contributed by atoms with Crippen LogP contribution in [0.4, 0.5) is 0 Å². The number of aryl methyl sites for hydroxylation is 2. The average molecular weight is 678 g/mol. The Morgan fingerprint density at radius 1 is 0.889 bits per heavy atom. The number of nitrogens with two attached hydrogens (primary N) is 1. The fraction of sp³-hybridized carbons (Fsp3) is 0.457. The van der Waals surface area contributed by atoms with Gasteiger partial charge in [-0.15, -0.1) is 0 Å². The molecule has 3 aromatic carbocycles. The van der Waals surface area contributed by atoms with Crippen LogP contribution in [0.5, 0.6) is 11.5 Å². The van der Waals surface area contributed by atoms with Crippen LogP contribution in [0.15, 0.2) is 54.6 Å². The molecule has 3 aromatic rings. The minimum absolute atomic E-state index is 0.0667. The van der Waals surface area contributed by atoms with E-state index in [9.17, 15) is 4.79 Å². The number of rotatable bonds is 19. The van der Waals surface area contributed by atoms with Gasteiger partial charge in [-0.25, -0.2) is 0 Å². The number of carbonyl (C=O) groups excluding carboxylic acids is 1. The van der Waals surface area contributed by atoms with E-state index < -0.39 is 0 Å². The topological polar surface area (TPSA) is 94.3 Å². The first kappa shape index (κ1) is 35.3. The molecular weight excluding hydrogens is 635 g/mol. The third kappa shape index (κ3) is 10.8. The molecule has 1 aliphatic carbocycles. The van der Waals surface area contributed by atoms with Crippen LogP contribution in [0.25, 0.3) is 0 Å². The minimum Gasteiger partial charge on any atom is -0.490 e. The van der Waals surface area contributed by atoms with E-state index in [0.29, 0.717) is 65.6 Å². The van der Waals surface area contributed by atoms with Crippen LogP contribution in [0.1, 0.15) is 47.9 Å². The molecule has 1 amide bonds. The lowest BCUT2D eigenvalue weighted by Gasteiger charge is -2.28. The monoisotopic (exact) mass is 676 g/mol. The van der Waals surface area contributed by atoms with Gasteiger partial charge in [0.1, 0.15) is 19.0 Å². The summed E-state index contributed by atoms with van der Waals surface area (Å²) >= 11 is 19.3. The molecule has 0 spiro atoms. The Kier molecular flexibility index (Phi) is 14.1. The van der Waals surface area contributed by atoms with Gasteiger partial charge in [0.2, 0.25) is 5.91 Å². The van der Waals surface area contributed by atoms with Crippen molar-refractivity contribution in [1.29, 1.82) is 0 Å². The van der Waals surface area contributed by atoms with Crippen molar-refractivity contribution in [3.8, 4) is 11.5 Å². The van der Waals surface area contributed by atoms with Gasteiger partial charge in [0, 0.05) is 44.5 Å². The smallest absolute Gasteiger partial charge is 0.227 e. The van der Waals surface area contributed by atoms with Crippen molar-refractivity contribution in [3.63, 3.8) is 0 Å². The molecule has 1 unspecified atom stereocenters. The van der Waals surface area contributed by atoms with Crippen molar-refractivity contribution in [2.75, 3.05) is 40.1 Å². The van der Waals surface area contributed by atoms with Crippen molar-refractivity contribution < 1.29 is 24.1 Å². The van der Waals surface area contributed by atoms with Crippen LogP contribution in [-0.2, 0) is 35.3 Å². The van der Waals surface area contributed by atoms with Crippen molar-refractivity contribution in [3.05, 3.63) is 91.9 Å². The minimum atomic E-state index is -0.334. The van der Waals surface area contributed by atoms with E-state index in [-0.39, 0.29) is 37.6 Å². The number of ether oxygens (including phenoxy) is 3. The van der Waals surface area contributed by atoms with Gasteiger partial charge in [-0.2, -0.15) is 0 Å². The zero-order valence-corrected chi connectivity index (χ0v) is 28.0. The summed E-state index contributed by atoms with van der Waals surface area (Å²) in [6.07, 6.45) is 5.70. The Morgan fingerprint density at radius 3 is 2.20 bits per heavy atom. The van der Waals surface area contributed by atoms with Crippen LogP contribution in [0.2, 0.25) is 15.1 Å².